The number of hydrogen-bond acceptors (Lipinski definition) is 5. The Morgan fingerprint density at radius 1 is 1.04 bits per heavy atom. The van der Waals surface area contributed by atoms with Gasteiger partial charge in [-0.3, -0.25) is 0 Å². The van der Waals surface area contributed by atoms with Gasteiger partial charge in [-0.15, -0.1) is 0 Å². The van der Waals surface area contributed by atoms with Crippen molar-refractivity contribution in [1.29, 1.82) is 0 Å². The molecule has 5 nitrogen and oxygen atoms in total. The van der Waals surface area contributed by atoms with Crippen LogP contribution in [0.1, 0.15) is 24.3 Å². The number of nitrogens with one attached hydrogen (secondary N) is 1. The molecule has 0 bridgehead atoms. The number of cyclic esters (lactones) is 2. The average molecular weight is 394 g/mol. The molecule has 0 atom stereocenters. The van der Waals surface area contributed by atoms with E-state index in [2.05, 4.69) is 21.2 Å². The number of ether oxygens (including phenoxy) is 2. The Labute approximate surface area is 145 Å². The summed E-state index contributed by atoms with van der Waals surface area (Å²) in [7, 11) is 0. The predicted octanol–water partition coefficient (Wildman–Crippen LogP) is 2.68. The number of rotatable bonds is 1. The van der Waals surface area contributed by atoms with E-state index < -0.39 is 23.7 Å². The average Bonchev–Trinajstić information content (AvgIpc) is 2.56. The summed E-state index contributed by atoms with van der Waals surface area (Å²) in [5.41, 5.74) is 2.98. The molecular weight excluding hydrogens is 381 g/mol. The monoisotopic (exact) mass is 393 g/mol. The smallest absolute Gasteiger partial charge is 0.336 e. The van der Waals surface area contributed by atoms with E-state index in [4.69, 9.17) is 9.47 Å². The highest BCUT2D eigenvalue weighted by molar-refractivity contribution is 9.10. The van der Waals surface area contributed by atoms with Gasteiger partial charge in [0.1, 0.15) is 5.82 Å². The van der Waals surface area contributed by atoms with Gasteiger partial charge < -0.3 is 14.8 Å². The first-order valence-corrected chi connectivity index (χ1v) is 8.38. The Bertz CT molecular complexity index is 788. The van der Waals surface area contributed by atoms with Crippen molar-refractivity contribution in [3.05, 3.63) is 56.6 Å². The van der Waals surface area contributed by atoms with E-state index in [1.54, 1.807) is 12.1 Å². The van der Waals surface area contributed by atoms with E-state index in [0.29, 0.717) is 42.8 Å². The number of hydrogen-bond donors (Lipinski definition) is 1. The van der Waals surface area contributed by atoms with Crippen LogP contribution in [0.4, 0.5) is 4.39 Å². The molecule has 0 aliphatic carbocycles. The summed E-state index contributed by atoms with van der Waals surface area (Å²) in [5.74, 6) is -1.94. The summed E-state index contributed by atoms with van der Waals surface area (Å²) in [6.07, 6.45) is 1.12. The van der Waals surface area contributed by atoms with Crippen LogP contribution in [0, 0.1) is 5.82 Å². The first kappa shape index (κ1) is 15.4. The topological polar surface area (TPSA) is 64.6 Å². The molecule has 0 amide bonds. The third kappa shape index (κ3) is 2.34. The van der Waals surface area contributed by atoms with Crippen molar-refractivity contribution in [2.45, 2.75) is 18.8 Å². The summed E-state index contributed by atoms with van der Waals surface area (Å²) in [6.45, 7) is 0.606. The van der Waals surface area contributed by atoms with Crippen LogP contribution < -0.4 is 5.32 Å². The van der Waals surface area contributed by atoms with Gasteiger partial charge in [0.25, 0.3) is 0 Å². The van der Waals surface area contributed by atoms with Gasteiger partial charge in [-0.25, -0.2) is 14.0 Å². The first-order chi connectivity index (χ1) is 11.6. The quantitative estimate of drug-likeness (QED) is 0.743. The Hall–Kier alpha value is -2.15. The van der Waals surface area contributed by atoms with Gasteiger partial charge in [0.05, 0.1) is 34.8 Å². The maximum absolute atomic E-state index is 13.6. The first-order valence-electron chi connectivity index (χ1n) is 7.58. The minimum atomic E-state index is -0.617. The number of halogens is 2. The molecule has 0 unspecified atom stereocenters. The van der Waals surface area contributed by atoms with Crippen molar-refractivity contribution in [1.82, 2.24) is 5.32 Å². The molecule has 124 valence electrons. The Balaban J connectivity index is 1.92. The summed E-state index contributed by atoms with van der Waals surface area (Å²) < 4.78 is 24.2. The lowest BCUT2D eigenvalue weighted by atomic mass is 9.78. The molecule has 0 fully saturated rings. The second-order valence-electron chi connectivity index (χ2n) is 5.79. The van der Waals surface area contributed by atoms with Crippen molar-refractivity contribution in [2.24, 2.45) is 0 Å². The van der Waals surface area contributed by atoms with E-state index in [1.807, 2.05) is 0 Å². The number of dihydropyridines is 1. The molecule has 3 aliphatic heterocycles. The molecule has 7 heteroatoms. The molecule has 0 saturated heterocycles. The predicted molar refractivity (Wildman–Crippen MR) is 85.2 cm³/mol. The summed E-state index contributed by atoms with van der Waals surface area (Å²) in [4.78, 5) is 24.7. The SMILES string of the molecule is O=C1OCCC2=C1C(c1ccc(F)c(Br)c1)C1=C(CCOC1=O)N2. The van der Waals surface area contributed by atoms with Gasteiger partial charge in [-0.05, 0) is 33.6 Å². The summed E-state index contributed by atoms with van der Waals surface area (Å²) in [5, 5.41) is 3.22. The Kier molecular flexibility index (Phi) is 3.68. The lowest BCUT2D eigenvalue weighted by molar-refractivity contribution is -0.141. The standard InChI is InChI=1S/C17H13BrFNO4/c18-9-7-8(1-2-10(9)19)13-14-11(3-5-23-16(14)21)20-12-4-6-24-17(22)15(12)13/h1-2,7,13,20H,3-6H2. The van der Waals surface area contributed by atoms with Crippen LogP contribution in [0.5, 0.6) is 0 Å². The lowest BCUT2D eigenvalue weighted by Gasteiger charge is -2.36. The summed E-state index contributed by atoms with van der Waals surface area (Å²) >= 11 is 3.16. The second kappa shape index (κ2) is 5.73. The largest absolute Gasteiger partial charge is 0.462 e. The van der Waals surface area contributed by atoms with E-state index in [1.165, 1.54) is 6.07 Å². The van der Waals surface area contributed by atoms with Crippen LogP contribution in [-0.4, -0.2) is 25.2 Å². The third-order valence-corrected chi connectivity index (χ3v) is 5.02. The van der Waals surface area contributed by atoms with Crippen molar-refractivity contribution in [3.63, 3.8) is 0 Å². The second-order valence-corrected chi connectivity index (χ2v) is 6.64. The van der Waals surface area contributed by atoms with Crippen LogP contribution in [-0.2, 0) is 19.1 Å². The highest BCUT2D eigenvalue weighted by atomic mass is 79.9. The van der Waals surface area contributed by atoms with Crippen molar-refractivity contribution < 1.29 is 23.5 Å². The van der Waals surface area contributed by atoms with Gasteiger partial charge in [0.2, 0.25) is 0 Å². The van der Waals surface area contributed by atoms with Crippen LogP contribution in [0.2, 0.25) is 0 Å². The number of carbonyl (C=O) groups excluding carboxylic acids is 2. The molecule has 3 heterocycles. The highest BCUT2D eigenvalue weighted by Gasteiger charge is 2.42. The minimum absolute atomic E-state index is 0.274. The fourth-order valence-electron chi connectivity index (χ4n) is 3.36. The molecule has 4 rings (SSSR count). The van der Waals surface area contributed by atoms with Crippen LogP contribution in [0.3, 0.4) is 0 Å². The molecular formula is C17H13BrFNO4. The Morgan fingerprint density at radius 3 is 2.17 bits per heavy atom. The maximum Gasteiger partial charge on any atom is 0.336 e. The van der Waals surface area contributed by atoms with Crippen molar-refractivity contribution in [2.75, 3.05) is 13.2 Å². The van der Waals surface area contributed by atoms with Gasteiger partial charge in [0.15, 0.2) is 0 Å². The molecule has 0 saturated carbocycles. The fourth-order valence-corrected chi connectivity index (χ4v) is 3.75. The summed E-state index contributed by atoms with van der Waals surface area (Å²) in [6, 6.07) is 4.48. The molecule has 0 radical (unpaired) electrons. The lowest BCUT2D eigenvalue weighted by Crippen LogP contribution is -2.39. The van der Waals surface area contributed by atoms with Crippen molar-refractivity contribution in [3.8, 4) is 0 Å². The van der Waals surface area contributed by atoms with Gasteiger partial charge in [-0.2, -0.15) is 0 Å². The third-order valence-electron chi connectivity index (χ3n) is 4.42. The van der Waals surface area contributed by atoms with Gasteiger partial charge in [0, 0.05) is 24.2 Å². The van der Waals surface area contributed by atoms with Crippen molar-refractivity contribution >= 4 is 27.9 Å². The minimum Gasteiger partial charge on any atom is -0.462 e. The molecule has 24 heavy (non-hydrogen) atoms. The number of benzene rings is 1. The zero-order valence-corrected chi connectivity index (χ0v) is 14.1. The molecule has 1 aromatic carbocycles. The number of carbonyl (C=O) groups is 2. The van der Waals surface area contributed by atoms with Crippen LogP contribution in [0.25, 0.3) is 0 Å². The fraction of sp³-hybridized carbons (Fsp3) is 0.294. The van der Waals surface area contributed by atoms with Gasteiger partial charge >= 0.3 is 11.9 Å². The molecule has 0 aromatic heterocycles. The zero-order chi connectivity index (χ0) is 16.8. The maximum atomic E-state index is 13.6. The van der Waals surface area contributed by atoms with E-state index in [9.17, 15) is 14.0 Å². The molecule has 1 aromatic rings. The molecule has 3 aliphatic rings. The highest BCUT2D eigenvalue weighted by Crippen LogP contribution is 2.43. The Morgan fingerprint density at radius 2 is 1.62 bits per heavy atom. The van der Waals surface area contributed by atoms with Crippen LogP contribution in [0.15, 0.2) is 45.2 Å². The van der Waals surface area contributed by atoms with Crippen LogP contribution >= 0.6 is 15.9 Å². The molecule has 1 N–H and O–H groups in total. The van der Waals surface area contributed by atoms with E-state index in [0.717, 1.165) is 11.4 Å². The van der Waals surface area contributed by atoms with Gasteiger partial charge in [-0.1, -0.05) is 6.07 Å². The normalized spacial score (nSPS) is 20.9. The zero-order valence-electron chi connectivity index (χ0n) is 12.5. The number of esters is 2. The van der Waals surface area contributed by atoms with E-state index >= 15 is 0 Å². The van der Waals surface area contributed by atoms with E-state index in [-0.39, 0.29) is 4.47 Å². The molecule has 0 spiro atoms.